The highest BCUT2D eigenvalue weighted by atomic mass is 16.5. The number of nitrogens with zero attached hydrogens (tertiary/aromatic N) is 3. The number of aromatic nitrogens is 2. The van der Waals surface area contributed by atoms with Crippen LogP contribution in [0.5, 0.6) is 5.75 Å². The third kappa shape index (κ3) is 7.71. The SMILES string of the molecule is COc1cccc(CCN(C)CCCNC(=O)C/C=C/c2ccc(-n3ccnc3)cc2)c1. The van der Waals surface area contributed by atoms with Crippen LogP contribution in [-0.4, -0.2) is 54.1 Å². The van der Waals surface area contributed by atoms with Crippen molar-refractivity contribution in [2.75, 3.05) is 33.8 Å². The smallest absolute Gasteiger partial charge is 0.223 e. The maximum atomic E-state index is 12.1. The number of ether oxygens (including phenoxy) is 1. The summed E-state index contributed by atoms with van der Waals surface area (Å²) in [6, 6.07) is 16.3. The number of amides is 1. The average Bonchev–Trinajstić information content (AvgIpc) is 3.36. The first-order chi connectivity index (χ1) is 15.6. The fraction of sp³-hybridized carbons (Fsp3) is 0.308. The Labute approximate surface area is 190 Å². The van der Waals surface area contributed by atoms with Crippen molar-refractivity contribution in [2.45, 2.75) is 19.3 Å². The molecule has 0 aliphatic heterocycles. The van der Waals surface area contributed by atoms with E-state index < -0.39 is 0 Å². The first-order valence-corrected chi connectivity index (χ1v) is 11.0. The van der Waals surface area contributed by atoms with Gasteiger partial charge in [0.1, 0.15) is 5.75 Å². The molecular weight excluding hydrogens is 400 g/mol. The molecule has 1 N–H and O–H groups in total. The maximum Gasteiger partial charge on any atom is 0.223 e. The van der Waals surface area contributed by atoms with Crippen LogP contribution in [0.1, 0.15) is 24.0 Å². The van der Waals surface area contributed by atoms with E-state index in [0.717, 1.165) is 42.9 Å². The lowest BCUT2D eigenvalue weighted by Gasteiger charge is -2.16. The van der Waals surface area contributed by atoms with Gasteiger partial charge in [-0.1, -0.05) is 36.4 Å². The molecule has 0 saturated heterocycles. The lowest BCUT2D eigenvalue weighted by atomic mass is 10.1. The van der Waals surface area contributed by atoms with Gasteiger partial charge in [0.15, 0.2) is 0 Å². The zero-order valence-electron chi connectivity index (χ0n) is 18.9. The van der Waals surface area contributed by atoms with Crippen LogP contribution in [0.2, 0.25) is 0 Å². The highest BCUT2D eigenvalue weighted by Crippen LogP contribution is 2.13. The minimum atomic E-state index is 0.0512. The summed E-state index contributed by atoms with van der Waals surface area (Å²) in [5.74, 6) is 0.948. The van der Waals surface area contributed by atoms with E-state index in [9.17, 15) is 4.79 Å². The van der Waals surface area contributed by atoms with Gasteiger partial charge in [0.25, 0.3) is 0 Å². The standard InChI is InChI=1S/C26H32N4O2/c1-29(18-14-23-7-3-8-25(20-23)32-2)17-5-15-28-26(31)9-4-6-22-10-12-24(13-11-22)30-19-16-27-21-30/h3-4,6-8,10-13,16,19-21H,5,9,14-15,17-18H2,1-2H3,(H,28,31)/b6-4+. The monoisotopic (exact) mass is 432 g/mol. The van der Waals surface area contributed by atoms with E-state index in [1.165, 1.54) is 5.56 Å². The van der Waals surface area contributed by atoms with Gasteiger partial charge in [-0.05, 0) is 61.8 Å². The number of likely N-dealkylation sites (N-methyl/N-ethyl adjacent to an activating group) is 1. The van der Waals surface area contributed by atoms with Gasteiger partial charge in [0.2, 0.25) is 5.91 Å². The fourth-order valence-corrected chi connectivity index (χ4v) is 3.38. The van der Waals surface area contributed by atoms with E-state index in [1.807, 2.05) is 59.3 Å². The number of rotatable bonds is 12. The van der Waals surface area contributed by atoms with Crippen molar-refractivity contribution < 1.29 is 9.53 Å². The molecule has 0 aliphatic carbocycles. The van der Waals surface area contributed by atoms with Gasteiger partial charge in [-0.3, -0.25) is 4.79 Å². The molecule has 0 unspecified atom stereocenters. The number of methoxy groups -OCH3 is 1. The van der Waals surface area contributed by atoms with Crippen LogP contribution in [0.25, 0.3) is 11.8 Å². The second kappa shape index (κ2) is 12.5. The molecule has 32 heavy (non-hydrogen) atoms. The van der Waals surface area contributed by atoms with Gasteiger partial charge in [0, 0.05) is 37.6 Å². The average molecular weight is 433 g/mol. The number of nitrogens with one attached hydrogen (secondary N) is 1. The molecule has 0 atom stereocenters. The summed E-state index contributed by atoms with van der Waals surface area (Å²) < 4.78 is 7.23. The van der Waals surface area contributed by atoms with Gasteiger partial charge in [-0.15, -0.1) is 0 Å². The van der Waals surface area contributed by atoms with Crippen molar-refractivity contribution in [2.24, 2.45) is 0 Å². The summed E-state index contributed by atoms with van der Waals surface area (Å²) in [7, 11) is 3.80. The Morgan fingerprint density at radius 3 is 2.78 bits per heavy atom. The number of imidazole rings is 1. The van der Waals surface area contributed by atoms with Gasteiger partial charge in [0.05, 0.1) is 13.4 Å². The maximum absolute atomic E-state index is 12.1. The Balaban J connectivity index is 1.28. The summed E-state index contributed by atoms with van der Waals surface area (Å²) >= 11 is 0. The Kier molecular flexibility index (Phi) is 9.07. The van der Waals surface area contributed by atoms with Gasteiger partial charge < -0.3 is 19.5 Å². The van der Waals surface area contributed by atoms with E-state index >= 15 is 0 Å². The summed E-state index contributed by atoms with van der Waals surface area (Å²) in [5.41, 5.74) is 3.40. The zero-order valence-corrected chi connectivity index (χ0v) is 18.9. The van der Waals surface area contributed by atoms with Crippen LogP contribution >= 0.6 is 0 Å². The molecule has 6 nitrogen and oxygen atoms in total. The van der Waals surface area contributed by atoms with Crippen molar-refractivity contribution in [3.63, 3.8) is 0 Å². The lowest BCUT2D eigenvalue weighted by molar-refractivity contribution is -0.120. The molecule has 3 rings (SSSR count). The summed E-state index contributed by atoms with van der Waals surface area (Å²) in [6.07, 6.45) is 11.6. The number of hydrogen-bond donors (Lipinski definition) is 1. The van der Waals surface area contributed by atoms with E-state index in [1.54, 1.807) is 19.6 Å². The van der Waals surface area contributed by atoms with E-state index in [4.69, 9.17) is 4.74 Å². The third-order valence-corrected chi connectivity index (χ3v) is 5.26. The first kappa shape index (κ1) is 23.3. The summed E-state index contributed by atoms with van der Waals surface area (Å²) in [4.78, 5) is 18.4. The number of hydrogen-bond acceptors (Lipinski definition) is 4. The predicted octanol–water partition coefficient (Wildman–Crippen LogP) is 3.97. The summed E-state index contributed by atoms with van der Waals surface area (Å²) in [5, 5.41) is 3.00. The highest BCUT2D eigenvalue weighted by molar-refractivity contribution is 5.78. The normalized spacial score (nSPS) is 11.2. The Morgan fingerprint density at radius 1 is 1.19 bits per heavy atom. The van der Waals surface area contributed by atoms with Gasteiger partial charge >= 0.3 is 0 Å². The second-order valence-electron chi connectivity index (χ2n) is 7.78. The van der Waals surface area contributed by atoms with Gasteiger partial charge in [-0.2, -0.15) is 0 Å². The van der Waals surface area contributed by atoms with E-state index in [0.29, 0.717) is 13.0 Å². The van der Waals surface area contributed by atoms with Crippen LogP contribution in [0.4, 0.5) is 0 Å². The van der Waals surface area contributed by atoms with Crippen molar-refractivity contribution in [1.29, 1.82) is 0 Å². The molecule has 2 aromatic carbocycles. The molecule has 0 radical (unpaired) electrons. The molecule has 0 bridgehead atoms. The van der Waals surface area contributed by atoms with Crippen molar-refractivity contribution >= 4 is 12.0 Å². The predicted molar refractivity (Wildman–Crippen MR) is 129 cm³/mol. The minimum Gasteiger partial charge on any atom is -0.497 e. The molecule has 6 heteroatoms. The summed E-state index contributed by atoms with van der Waals surface area (Å²) in [6.45, 7) is 2.61. The molecular formula is C26H32N4O2. The molecule has 1 amide bonds. The Bertz CT molecular complexity index is 981. The van der Waals surface area contributed by atoms with Crippen LogP contribution in [0, 0.1) is 0 Å². The van der Waals surface area contributed by atoms with Crippen LogP contribution in [-0.2, 0) is 11.2 Å². The molecule has 168 valence electrons. The lowest BCUT2D eigenvalue weighted by Crippen LogP contribution is -2.28. The van der Waals surface area contributed by atoms with Crippen LogP contribution < -0.4 is 10.1 Å². The largest absolute Gasteiger partial charge is 0.497 e. The minimum absolute atomic E-state index is 0.0512. The third-order valence-electron chi connectivity index (χ3n) is 5.26. The number of carbonyl (C=O) groups is 1. The van der Waals surface area contributed by atoms with E-state index in [2.05, 4.69) is 34.4 Å². The highest BCUT2D eigenvalue weighted by Gasteiger charge is 2.02. The Hall–Kier alpha value is -3.38. The van der Waals surface area contributed by atoms with Crippen molar-refractivity contribution in [3.05, 3.63) is 84.5 Å². The van der Waals surface area contributed by atoms with Crippen LogP contribution in [0.15, 0.2) is 73.3 Å². The van der Waals surface area contributed by atoms with Crippen molar-refractivity contribution in [3.8, 4) is 11.4 Å². The topological polar surface area (TPSA) is 59.4 Å². The first-order valence-electron chi connectivity index (χ1n) is 11.0. The van der Waals surface area contributed by atoms with Crippen molar-refractivity contribution in [1.82, 2.24) is 19.8 Å². The van der Waals surface area contributed by atoms with E-state index in [-0.39, 0.29) is 5.91 Å². The molecule has 0 spiro atoms. The molecule has 1 heterocycles. The Morgan fingerprint density at radius 2 is 2.03 bits per heavy atom. The molecule has 1 aromatic heterocycles. The van der Waals surface area contributed by atoms with Crippen LogP contribution in [0.3, 0.4) is 0 Å². The molecule has 0 saturated carbocycles. The number of carbonyl (C=O) groups excluding carboxylic acids is 1. The number of benzene rings is 2. The quantitative estimate of drug-likeness (QED) is 0.440. The van der Waals surface area contributed by atoms with Gasteiger partial charge in [-0.25, -0.2) is 4.98 Å². The molecule has 3 aromatic rings. The molecule has 0 aliphatic rings. The molecule has 0 fully saturated rings. The zero-order chi connectivity index (χ0) is 22.6. The second-order valence-corrected chi connectivity index (χ2v) is 7.78. The fourth-order valence-electron chi connectivity index (χ4n) is 3.38.